The maximum atomic E-state index is 14.0. The van der Waals surface area contributed by atoms with E-state index in [1.807, 2.05) is 0 Å². The molecule has 0 atom stereocenters. The molecule has 146 valence electrons. The zero-order chi connectivity index (χ0) is 20.7. The van der Waals surface area contributed by atoms with E-state index in [1.165, 1.54) is 0 Å². The van der Waals surface area contributed by atoms with Crippen LogP contribution in [0.15, 0.2) is 24.3 Å². The molecule has 0 spiro atoms. The first-order chi connectivity index (χ1) is 12.2. The Morgan fingerprint density at radius 3 is 1.48 bits per heavy atom. The SMILES string of the molecule is OB(O)c1cc(F)c(C(F)(F)Oc2cc(F)c(C(F)(F)F)c(F)c2)c(F)c1. The van der Waals surface area contributed by atoms with Gasteiger partial charge in [0.2, 0.25) is 0 Å². The molecule has 2 aromatic rings. The lowest BCUT2D eigenvalue weighted by Gasteiger charge is -2.20. The number of halogens is 9. The minimum absolute atomic E-state index is 0.133. The Hall–Kier alpha value is -2.41. The molecule has 2 N–H and O–H groups in total. The summed E-state index contributed by atoms with van der Waals surface area (Å²) >= 11 is 0. The number of rotatable bonds is 4. The van der Waals surface area contributed by atoms with Gasteiger partial charge in [0.15, 0.2) is 0 Å². The molecule has 0 fully saturated rings. The van der Waals surface area contributed by atoms with Crippen molar-refractivity contribution in [3.8, 4) is 5.75 Å². The minimum atomic E-state index is -5.46. The second-order valence-electron chi connectivity index (χ2n) is 5.11. The lowest BCUT2D eigenvalue weighted by Crippen LogP contribution is -2.33. The largest absolute Gasteiger partial charge is 0.488 e. The van der Waals surface area contributed by atoms with Crippen LogP contribution in [-0.2, 0) is 12.3 Å². The summed E-state index contributed by atoms with van der Waals surface area (Å²) in [5.41, 5.74) is -5.25. The van der Waals surface area contributed by atoms with Crippen LogP contribution in [0.25, 0.3) is 0 Å². The molecule has 0 aliphatic carbocycles. The first-order valence-corrected chi connectivity index (χ1v) is 6.72. The van der Waals surface area contributed by atoms with Crippen molar-refractivity contribution in [2.24, 2.45) is 0 Å². The molecule has 0 aromatic heterocycles. The third-order valence-electron chi connectivity index (χ3n) is 3.20. The van der Waals surface area contributed by atoms with Crippen LogP contribution in [0, 0.1) is 23.3 Å². The highest BCUT2D eigenvalue weighted by Crippen LogP contribution is 2.39. The molecule has 2 aromatic carbocycles. The number of hydrogen-bond acceptors (Lipinski definition) is 3. The van der Waals surface area contributed by atoms with Crippen molar-refractivity contribution in [1.29, 1.82) is 0 Å². The first kappa shape index (κ1) is 20.9. The Morgan fingerprint density at radius 1 is 0.704 bits per heavy atom. The molecule has 0 aliphatic heterocycles. The van der Waals surface area contributed by atoms with E-state index in [1.54, 1.807) is 0 Å². The van der Waals surface area contributed by atoms with Crippen LogP contribution in [-0.4, -0.2) is 17.2 Å². The average Bonchev–Trinajstić information content (AvgIpc) is 2.42. The van der Waals surface area contributed by atoms with Gasteiger partial charge in [-0.1, -0.05) is 0 Å². The fraction of sp³-hybridized carbons (Fsp3) is 0.143. The molecule has 13 heteroatoms. The third kappa shape index (κ3) is 4.30. The van der Waals surface area contributed by atoms with Crippen LogP contribution in [0.2, 0.25) is 0 Å². The van der Waals surface area contributed by atoms with Crippen LogP contribution in [0.5, 0.6) is 5.75 Å². The van der Waals surface area contributed by atoms with Crippen molar-refractivity contribution in [2.45, 2.75) is 12.3 Å². The van der Waals surface area contributed by atoms with Crippen molar-refractivity contribution in [1.82, 2.24) is 0 Å². The van der Waals surface area contributed by atoms with Crippen LogP contribution in [0.1, 0.15) is 11.1 Å². The van der Waals surface area contributed by atoms with Crippen LogP contribution >= 0.6 is 0 Å². The predicted octanol–water partition coefficient (Wildman–Crippen LogP) is 3.07. The van der Waals surface area contributed by atoms with Gasteiger partial charge in [0.1, 0.15) is 40.1 Å². The topological polar surface area (TPSA) is 49.7 Å². The molecule has 0 radical (unpaired) electrons. The molecule has 0 heterocycles. The Labute approximate surface area is 144 Å². The molecule has 27 heavy (non-hydrogen) atoms. The van der Waals surface area contributed by atoms with E-state index in [4.69, 9.17) is 10.0 Å². The zero-order valence-corrected chi connectivity index (χ0v) is 12.6. The Morgan fingerprint density at radius 2 is 1.11 bits per heavy atom. The number of ether oxygens (including phenoxy) is 1. The van der Waals surface area contributed by atoms with Gasteiger partial charge >= 0.3 is 19.4 Å². The quantitative estimate of drug-likeness (QED) is 0.609. The van der Waals surface area contributed by atoms with Crippen LogP contribution < -0.4 is 10.2 Å². The predicted molar refractivity (Wildman–Crippen MR) is 72.1 cm³/mol. The van der Waals surface area contributed by atoms with Gasteiger partial charge in [0.05, 0.1) is 0 Å². The van der Waals surface area contributed by atoms with Crippen LogP contribution in [0.3, 0.4) is 0 Å². The Bertz CT molecular complexity index is 821. The number of alkyl halides is 5. The standard InChI is InChI=1S/C14H6BF9O3/c16-7-1-5(15(25)26)2-8(17)12(7)14(23,24)27-6-3-9(18)11(10(19)4-6)13(20,21)22/h1-4,25-26H. The summed E-state index contributed by atoms with van der Waals surface area (Å²) in [5.74, 6) is -10.1. The smallest absolute Gasteiger partial charge is 0.429 e. The normalized spacial score (nSPS) is 12.3. The van der Waals surface area contributed by atoms with E-state index in [2.05, 4.69) is 4.74 Å². The van der Waals surface area contributed by atoms with Crippen molar-refractivity contribution in [3.63, 3.8) is 0 Å². The Kier molecular flexibility index (Phi) is 5.39. The zero-order valence-electron chi connectivity index (χ0n) is 12.6. The van der Waals surface area contributed by atoms with Crippen molar-refractivity contribution >= 4 is 12.6 Å². The second kappa shape index (κ2) is 6.96. The lowest BCUT2D eigenvalue weighted by molar-refractivity contribution is -0.189. The molecule has 2 rings (SSSR count). The number of hydrogen-bond donors (Lipinski definition) is 2. The summed E-state index contributed by atoms with van der Waals surface area (Å²) in [6.07, 6.45) is -10.4. The summed E-state index contributed by atoms with van der Waals surface area (Å²) in [4.78, 5) is 0. The van der Waals surface area contributed by atoms with Gasteiger partial charge in [-0.05, 0) is 17.6 Å². The molecular weight excluding hydrogens is 398 g/mol. The summed E-state index contributed by atoms with van der Waals surface area (Å²) in [6.45, 7) is 0. The summed E-state index contributed by atoms with van der Waals surface area (Å²) < 4.78 is 123. The third-order valence-corrected chi connectivity index (χ3v) is 3.20. The van der Waals surface area contributed by atoms with Gasteiger partial charge in [-0.25, -0.2) is 17.6 Å². The fourth-order valence-corrected chi connectivity index (χ4v) is 2.10. The minimum Gasteiger partial charge on any atom is -0.429 e. The maximum Gasteiger partial charge on any atom is 0.488 e. The lowest BCUT2D eigenvalue weighted by atomic mass is 9.79. The average molecular weight is 404 g/mol. The molecule has 0 unspecified atom stereocenters. The highest BCUT2D eigenvalue weighted by Gasteiger charge is 2.43. The van der Waals surface area contributed by atoms with Gasteiger partial charge in [0.25, 0.3) is 0 Å². The molecule has 0 amide bonds. The highest BCUT2D eigenvalue weighted by atomic mass is 19.4. The van der Waals surface area contributed by atoms with Gasteiger partial charge in [-0.15, -0.1) is 0 Å². The fourth-order valence-electron chi connectivity index (χ4n) is 2.10. The molecule has 0 bridgehead atoms. The number of benzene rings is 2. The highest BCUT2D eigenvalue weighted by molar-refractivity contribution is 6.58. The van der Waals surface area contributed by atoms with E-state index in [-0.39, 0.29) is 24.3 Å². The van der Waals surface area contributed by atoms with E-state index in [0.717, 1.165) is 0 Å². The van der Waals surface area contributed by atoms with Gasteiger partial charge in [-0.3, -0.25) is 0 Å². The van der Waals surface area contributed by atoms with Crippen molar-refractivity contribution in [3.05, 3.63) is 58.7 Å². The van der Waals surface area contributed by atoms with E-state index < -0.39 is 65.0 Å². The Balaban J connectivity index is 2.46. The molecular formula is C14H6BF9O3. The van der Waals surface area contributed by atoms with E-state index in [0.29, 0.717) is 0 Å². The van der Waals surface area contributed by atoms with Crippen molar-refractivity contribution in [2.75, 3.05) is 0 Å². The van der Waals surface area contributed by atoms with Gasteiger partial charge in [-0.2, -0.15) is 22.0 Å². The van der Waals surface area contributed by atoms with E-state index >= 15 is 0 Å². The molecule has 0 aliphatic rings. The summed E-state index contributed by atoms with van der Waals surface area (Å²) in [6, 6.07) is -0.203. The summed E-state index contributed by atoms with van der Waals surface area (Å²) in [5, 5.41) is 17.6. The maximum absolute atomic E-state index is 14.0. The first-order valence-electron chi connectivity index (χ1n) is 6.72. The van der Waals surface area contributed by atoms with Gasteiger partial charge < -0.3 is 14.8 Å². The van der Waals surface area contributed by atoms with Gasteiger partial charge in [0, 0.05) is 12.1 Å². The van der Waals surface area contributed by atoms with Crippen LogP contribution in [0.4, 0.5) is 39.5 Å². The molecule has 0 saturated carbocycles. The molecule has 3 nitrogen and oxygen atoms in total. The van der Waals surface area contributed by atoms with E-state index in [9.17, 15) is 39.5 Å². The van der Waals surface area contributed by atoms with Crippen molar-refractivity contribution < 1.29 is 54.3 Å². The monoisotopic (exact) mass is 404 g/mol. The second-order valence-corrected chi connectivity index (χ2v) is 5.11. The molecule has 0 saturated heterocycles. The summed E-state index contributed by atoms with van der Waals surface area (Å²) in [7, 11) is -2.39.